The smallest absolute Gasteiger partial charge is 0.309 e. The zero-order valence-electron chi connectivity index (χ0n) is 37.5. The fourth-order valence-electron chi connectivity index (χ4n) is 15.5. The fraction of sp³-hybridized carbons (Fsp3) is 0.765. The Morgan fingerprint density at radius 2 is 1.50 bits per heavy atom. The molecule has 0 heterocycles. The Balaban J connectivity index is 1.08. The van der Waals surface area contributed by atoms with E-state index in [4.69, 9.17) is 9.47 Å². The Hall–Kier alpha value is -2.96. The maximum atomic E-state index is 15.1. The number of rotatable bonds is 11. The quantitative estimate of drug-likeness (QED) is 0.175. The zero-order chi connectivity index (χ0) is 42.4. The van der Waals surface area contributed by atoms with Gasteiger partial charge in [0.25, 0.3) is 0 Å². The van der Waals surface area contributed by atoms with Gasteiger partial charge in [-0.3, -0.25) is 19.2 Å². The first-order valence-corrected chi connectivity index (χ1v) is 22.8. The number of carbonyl (C=O) groups excluding carboxylic acids is 3. The third kappa shape index (κ3) is 6.55. The summed E-state index contributed by atoms with van der Waals surface area (Å²) in [6.45, 7) is 26.9. The molecule has 0 spiro atoms. The van der Waals surface area contributed by atoms with E-state index in [1.807, 2.05) is 30.3 Å². The SMILES string of the molecule is C=C(C)[C@@H]1CC[C@]2(C(=O)C[C@@H]3C[C@H](C(=O)OCc4ccccc4)C3(C)C)CC[C@]3(C)[C@H](CC[C@@H]4[C@@]5(C)CC[C@H](OC(=O)CC(C)(C)C(=O)O)C(C)(C)[C@@H]5CC[C@]43C)[C@@H]12. The number of allylic oxidation sites excluding steroid dienone is 1. The summed E-state index contributed by atoms with van der Waals surface area (Å²) in [6, 6.07) is 9.84. The second-order valence-electron chi connectivity index (χ2n) is 23.1. The minimum atomic E-state index is -1.16. The molecule has 6 aliphatic rings. The van der Waals surface area contributed by atoms with E-state index >= 15 is 4.79 Å². The summed E-state index contributed by atoms with van der Waals surface area (Å²) < 4.78 is 12.0. The molecule has 1 aromatic carbocycles. The van der Waals surface area contributed by atoms with Gasteiger partial charge in [-0.2, -0.15) is 0 Å². The van der Waals surface area contributed by atoms with E-state index in [0.29, 0.717) is 48.2 Å². The number of fused-ring (bicyclic) bond motifs is 7. The number of ether oxygens (including phenoxy) is 2. The lowest BCUT2D eigenvalue weighted by Gasteiger charge is -2.73. The highest BCUT2D eigenvalue weighted by Gasteiger charge is 2.72. The fourth-order valence-corrected chi connectivity index (χ4v) is 15.5. The summed E-state index contributed by atoms with van der Waals surface area (Å²) in [5.74, 6) is 0.924. The van der Waals surface area contributed by atoms with E-state index in [0.717, 1.165) is 69.8 Å². The summed E-state index contributed by atoms with van der Waals surface area (Å²) in [6.07, 6.45) is 11.2. The molecule has 6 saturated carbocycles. The molecule has 6 aliphatic carbocycles. The number of carbonyl (C=O) groups is 4. The Kier molecular flexibility index (Phi) is 10.9. The molecule has 0 radical (unpaired) electrons. The van der Waals surface area contributed by atoms with Crippen molar-refractivity contribution in [1.29, 1.82) is 0 Å². The number of hydrogen-bond donors (Lipinski definition) is 1. The number of carboxylic acids is 1. The monoisotopic (exact) mass is 799 g/mol. The van der Waals surface area contributed by atoms with Gasteiger partial charge in [0.1, 0.15) is 18.5 Å². The van der Waals surface area contributed by atoms with Crippen molar-refractivity contribution in [3.05, 3.63) is 48.0 Å². The normalized spacial score (nSPS) is 41.0. The standard InChI is InChI=1S/C51H74O7/c1-31(2)34-19-24-51(39(52)28-33-27-36(46(33,5)6)43(54)57-30-32-15-13-12-14-16-32)26-25-49(10)35(42(34)51)17-18-38-48(9)22-21-40(58-41(53)29-45(3,4)44(55)56)47(7,8)37(48)20-23-50(38,49)11/h12-16,33-38,40,42H,1,17-30H2,2-11H3,(H,55,56)/t33-,34-,35+,36+,37-,38+,40-,42+,48-,49+,50+,51+/m0/s1. The molecule has 7 rings (SSSR count). The van der Waals surface area contributed by atoms with Gasteiger partial charge in [-0.1, -0.05) is 91.0 Å². The molecule has 0 amide bonds. The molecule has 7 heteroatoms. The third-order valence-electron chi connectivity index (χ3n) is 19.4. The van der Waals surface area contributed by atoms with Gasteiger partial charge < -0.3 is 14.6 Å². The van der Waals surface area contributed by atoms with Crippen molar-refractivity contribution in [3.63, 3.8) is 0 Å². The molecule has 1 aromatic rings. The largest absolute Gasteiger partial charge is 0.481 e. The van der Waals surface area contributed by atoms with Crippen molar-refractivity contribution >= 4 is 23.7 Å². The molecular formula is C51H74O7. The highest BCUT2D eigenvalue weighted by molar-refractivity contribution is 5.87. The van der Waals surface area contributed by atoms with Crippen molar-refractivity contribution in [1.82, 2.24) is 0 Å². The van der Waals surface area contributed by atoms with E-state index in [9.17, 15) is 19.5 Å². The van der Waals surface area contributed by atoms with Crippen LogP contribution in [0.15, 0.2) is 42.5 Å². The predicted molar refractivity (Wildman–Crippen MR) is 226 cm³/mol. The van der Waals surface area contributed by atoms with Gasteiger partial charge in [0.15, 0.2) is 0 Å². The van der Waals surface area contributed by atoms with E-state index in [-0.39, 0.29) is 69.4 Å². The molecule has 12 atom stereocenters. The van der Waals surface area contributed by atoms with Crippen LogP contribution in [0.4, 0.5) is 0 Å². The van der Waals surface area contributed by atoms with Crippen molar-refractivity contribution < 1.29 is 33.8 Å². The van der Waals surface area contributed by atoms with Gasteiger partial charge in [-0.25, -0.2) is 0 Å². The number of hydrogen-bond acceptors (Lipinski definition) is 6. The number of esters is 2. The first-order chi connectivity index (χ1) is 27.0. The van der Waals surface area contributed by atoms with Crippen molar-refractivity contribution in [2.45, 2.75) is 165 Å². The first-order valence-electron chi connectivity index (χ1n) is 22.8. The van der Waals surface area contributed by atoms with Crippen LogP contribution < -0.4 is 0 Å². The Morgan fingerprint density at radius 3 is 2.14 bits per heavy atom. The average molecular weight is 799 g/mol. The summed E-state index contributed by atoms with van der Waals surface area (Å²) in [5, 5.41) is 9.65. The molecular weight excluding hydrogens is 725 g/mol. The van der Waals surface area contributed by atoms with Crippen molar-refractivity contribution in [2.24, 2.45) is 79.3 Å². The van der Waals surface area contributed by atoms with Gasteiger partial charge in [-0.05, 0) is 154 Å². The molecule has 0 bridgehead atoms. The van der Waals surface area contributed by atoms with Crippen LogP contribution >= 0.6 is 0 Å². The molecule has 1 N–H and O–H groups in total. The van der Waals surface area contributed by atoms with E-state index < -0.39 is 17.4 Å². The summed E-state index contributed by atoms with van der Waals surface area (Å²) in [7, 11) is 0. The summed E-state index contributed by atoms with van der Waals surface area (Å²) in [5.41, 5.74) is 0.522. The number of carboxylic acid groups (broad SMARTS) is 1. The molecule has 0 aromatic heterocycles. The number of ketones is 1. The van der Waals surface area contributed by atoms with Crippen molar-refractivity contribution in [3.8, 4) is 0 Å². The topological polar surface area (TPSA) is 107 Å². The third-order valence-corrected chi connectivity index (χ3v) is 19.4. The van der Waals surface area contributed by atoms with Crippen LogP contribution in [0.25, 0.3) is 0 Å². The lowest BCUT2D eigenvalue weighted by Crippen LogP contribution is -2.67. The van der Waals surface area contributed by atoms with Gasteiger partial charge in [0, 0.05) is 17.3 Å². The van der Waals surface area contributed by atoms with E-state index in [2.05, 4.69) is 62.0 Å². The molecule has 0 saturated heterocycles. The van der Waals surface area contributed by atoms with Crippen LogP contribution in [-0.2, 0) is 35.3 Å². The van der Waals surface area contributed by atoms with Gasteiger partial charge in [0.2, 0.25) is 0 Å². The second kappa shape index (κ2) is 14.6. The van der Waals surface area contributed by atoms with Crippen LogP contribution in [0.2, 0.25) is 0 Å². The van der Waals surface area contributed by atoms with Crippen LogP contribution in [0.1, 0.15) is 158 Å². The average Bonchev–Trinajstić information content (AvgIpc) is 3.55. The number of benzene rings is 1. The van der Waals surface area contributed by atoms with Crippen LogP contribution in [-0.4, -0.2) is 34.9 Å². The van der Waals surface area contributed by atoms with Gasteiger partial charge >= 0.3 is 17.9 Å². The minimum Gasteiger partial charge on any atom is -0.481 e. The Morgan fingerprint density at radius 1 is 0.810 bits per heavy atom. The molecule has 7 nitrogen and oxygen atoms in total. The van der Waals surface area contributed by atoms with Crippen LogP contribution in [0, 0.1) is 79.3 Å². The predicted octanol–water partition coefficient (Wildman–Crippen LogP) is 11.4. The first kappa shape index (κ1) is 43.1. The lowest BCUT2D eigenvalue weighted by molar-refractivity contribution is -0.249. The highest BCUT2D eigenvalue weighted by atomic mass is 16.5. The number of aliphatic carboxylic acids is 1. The maximum absolute atomic E-state index is 15.1. The molecule has 58 heavy (non-hydrogen) atoms. The molecule has 320 valence electrons. The minimum absolute atomic E-state index is 0.0929. The number of Topliss-reactive ketones (excluding diaryl/α,β-unsaturated/α-hetero) is 1. The maximum Gasteiger partial charge on any atom is 0.309 e. The van der Waals surface area contributed by atoms with Crippen LogP contribution in [0.5, 0.6) is 0 Å². The Bertz CT molecular complexity index is 1810. The second-order valence-corrected chi connectivity index (χ2v) is 23.1. The van der Waals surface area contributed by atoms with Crippen molar-refractivity contribution in [2.75, 3.05) is 0 Å². The van der Waals surface area contributed by atoms with Crippen LogP contribution in [0.3, 0.4) is 0 Å². The zero-order valence-corrected chi connectivity index (χ0v) is 37.5. The summed E-state index contributed by atoms with van der Waals surface area (Å²) >= 11 is 0. The lowest BCUT2D eigenvalue weighted by atomic mass is 9.32. The van der Waals surface area contributed by atoms with Gasteiger partial charge in [0.05, 0.1) is 17.8 Å². The molecule has 0 aliphatic heterocycles. The Labute approximate surface area is 349 Å². The van der Waals surface area contributed by atoms with Gasteiger partial charge in [-0.15, -0.1) is 0 Å². The summed E-state index contributed by atoms with van der Waals surface area (Å²) in [4.78, 5) is 53.4. The molecule has 0 unspecified atom stereocenters. The van der Waals surface area contributed by atoms with E-state index in [1.165, 1.54) is 5.57 Å². The highest BCUT2D eigenvalue weighted by Crippen LogP contribution is 2.78. The van der Waals surface area contributed by atoms with E-state index in [1.54, 1.807) is 13.8 Å². The molecule has 6 fully saturated rings.